The van der Waals surface area contributed by atoms with Crippen LogP contribution in [0.3, 0.4) is 0 Å². The molecule has 2 heterocycles. The first-order valence-electron chi connectivity index (χ1n) is 7.32. The van der Waals surface area contributed by atoms with Crippen LogP contribution in [-0.4, -0.2) is 22.7 Å². The fourth-order valence-electron chi connectivity index (χ4n) is 3.10. The third-order valence-electron chi connectivity index (χ3n) is 4.45. The zero-order valence-corrected chi connectivity index (χ0v) is 12.7. The molecule has 5 nitrogen and oxygen atoms in total. The standard InChI is InChI=1S/C15H18N2O3S/c1-2-5-10(11-6-3-9-21-11)17-13(19)15(7-4-8-15)12(18)16-14(17)20/h3,6,9-10H,2,4-5,7-8H2,1H3,(H,16,18,20). The molecule has 1 spiro atoms. The molecule has 1 aliphatic heterocycles. The van der Waals surface area contributed by atoms with Crippen LogP contribution >= 0.6 is 11.3 Å². The number of hydrogen-bond acceptors (Lipinski definition) is 4. The van der Waals surface area contributed by atoms with Gasteiger partial charge >= 0.3 is 6.03 Å². The fourth-order valence-corrected chi connectivity index (χ4v) is 3.96. The lowest BCUT2D eigenvalue weighted by Gasteiger charge is -2.46. The summed E-state index contributed by atoms with van der Waals surface area (Å²) in [4.78, 5) is 39.4. The van der Waals surface area contributed by atoms with Crippen molar-refractivity contribution in [2.75, 3.05) is 0 Å². The Hall–Kier alpha value is -1.69. The third-order valence-corrected chi connectivity index (χ3v) is 5.43. The van der Waals surface area contributed by atoms with Crippen molar-refractivity contribution in [2.45, 2.75) is 45.1 Å². The van der Waals surface area contributed by atoms with Gasteiger partial charge in [0.2, 0.25) is 11.8 Å². The number of nitrogens with zero attached hydrogens (tertiary/aromatic N) is 1. The van der Waals surface area contributed by atoms with E-state index in [4.69, 9.17) is 0 Å². The summed E-state index contributed by atoms with van der Waals surface area (Å²) in [5, 5.41) is 4.32. The molecule has 1 saturated heterocycles. The van der Waals surface area contributed by atoms with Gasteiger partial charge in [0, 0.05) is 4.88 Å². The van der Waals surface area contributed by atoms with E-state index in [1.807, 2.05) is 24.4 Å². The fraction of sp³-hybridized carbons (Fsp3) is 0.533. The Morgan fingerprint density at radius 2 is 2.14 bits per heavy atom. The number of urea groups is 1. The molecule has 1 unspecified atom stereocenters. The van der Waals surface area contributed by atoms with Crippen molar-refractivity contribution in [1.29, 1.82) is 0 Å². The Kier molecular flexibility index (Phi) is 3.57. The van der Waals surface area contributed by atoms with Crippen LogP contribution in [0, 0.1) is 5.41 Å². The normalized spacial score (nSPS) is 22.1. The highest BCUT2D eigenvalue weighted by atomic mass is 32.1. The highest BCUT2D eigenvalue weighted by Gasteiger charge is 2.58. The predicted molar refractivity (Wildman–Crippen MR) is 78.6 cm³/mol. The number of rotatable bonds is 4. The van der Waals surface area contributed by atoms with Crippen LogP contribution in [0.15, 0.2) is 17.5 Å². The lowest BCUT2D eigenvalue weighted by Crippen LogP contribution is -2.66. The zero-order chi connectivity index (χ0) is 15.0. The predicted octanol–water partition coefficient (Wildman–Crippen LogP) is 2.84. The molecular formula is C15H18N2O3S. The summed E-state index contributed by atoms with van der Waals surface area (Å²) in [5.74, 6) is -0.726. The second-order valence-corrected chi connectivity index (χ2v) is 6.67. The molecule has 21 heavy (non-hydrogen) atoms. The molecule has 1 aromatic rings. The lowest BCUT2D eigenvalue weighted by atomic mass is 9.66. The molecule has 0 aromatic carbocycles. The van der Waals surface area contributed by atoms with Crippen LogP contribution in [0.1, 0.15) is 49.9 Å². The summed E-state index contributed by atoms with van der Waals surface area (Å²) in [6.07, 6.45) is 3.53. The van der Waals surface area contributed by atoms with E-state index in [0.717, 1.165) is 17.7 Å². The number of hydrogen-bond donors (Lipinski definition) is 1. The van der Waals surface area contributed by atoms with Crippen LogP contribution < -0.4 is 5.32 Å². The molecule has 3 rings (SSSR count). The van der Waals surface area contributed by atoms with Crippen LogP contribution in [0.25, 0.3) is 0 Å². The summed E-state index contributed by atoms with van der Waals surface area (Å²) >= 11 is 1.54. The Bertz CT molecular complexity index is 578. The number of barbiturate groups is 1. The molecule has 0 bridgehead atoms. The maximum atomic E-state index is 12.8. The van der Waals surface area contributed by atoms with Crippen LogP contribution in [-0.2, 0) is 9.59 Å². The van der Waals surface area contributed by atoms with Gasteiger partial charge in [-0.25, -0.2) is 4.79 Å². The Labute approximate surface area is 127 Å². The molecule has 1 saturated carbocycles. The summed E-state index contributed by atoms with van der Waals surface area (Å²) in [6.45, 7) is 2.03. The number of carbonyl (C=O) groups is 3. The first kappa shape index (κ1) is 14.3. The van der Waals surface area contributed by atoms with Crippen molar-refractivity contribution in [3.8, 4) is 0 Å². The smallest absolute Gasteiger partial charge is 0.277 e. The van der Waals surface area contributed by atoms with Crippen LogP contribution in [0.2, 0.25) is 0 Å². The molecule has 1 aliphatic carbocycles. The van der Waals surface area contributed by atoms with Crippen molar-refractivity contribution in [1.82, 2.24) is 10.2 Å². The number of carbonyl (C=O) groups excluding carboxylic acids is 3. The van der Waals surface area contributed by atoms with Crippen molar-refractivity contribution >= 4 is 29.2 Å². The van der Waals surface area contributed by atoms with Crippen LogP contribution in [0.4, 0.5) is 4.79 Å². The van der Waals surface area contributed by atoms with E-state index >= 15 is 0 Å². The van der Waals surface area contributed by atoms with E-state index in [-0.39, 0.29) is 11.9 Å². The van der Waals surface area contributed by atoms with E-state index in [2.05, 4.69) is 5.32 Å². The second-order valence-electron chi connectivity index (χ2n) is 5.69. The Morgan fingerprint density at radius 3 is 2.67 bits per heavy atom. The first-order valence-corrected chi connectivity index (χ1v) is 8.20. The molecule has 6 heteroatoms. The van der Waals surface area contributed by atoms with E-state index in [1.54, 1.807) is 0 Å². The van der Waals surface area contributed by atoms with Gasteiger partial charge in [-0.3, -0.25) is 19.8 Å². The molecular weight excluding hydrogens is 288 g/mol. The Balaban J connectivity index is 1.96. The molecule has 2 aliphatic rings. The van der Waals surface area contributed by atoms with E-state index in [0.29, 0.717) is 19.3 Å². The largest absolute Gasteiger partial charge is 0.331 e. The van der Waals surface area contributed by atoms with Crippen molar-refractivity contribution < 1.29 is 14.4 Å². The lowest BCUT2D eigenvalue weighted by molar-refractivity contribution is -0.159. The number of amides is 4. The topological polar surface area (TPSA) is 66.5 Å². The zero-order valence-electron chi connectivity index (χ0n) is 11.9. The first-order chi connectivity index (χ1) is 10.1. The molecule has 112 valence electrons. The van der Waals surface area contributed by atoms with Gasteiger partial charge in [-0.2, -0.15) is 0 Å². The minimum Gasteiger partial charge on any atom is -0.277 e. The van der Waals surface area contributed by atoms with Crippen molar-refractivity contribution in [3.63, 3.8) is 0 Å². The van der Waals surface area contributed by atoms with Gasteiger partial charge < -0.3 is 0 Å². The molecule has 4 amide bonds. The highest BCUT2D eigenvalue weighted by molar-refractivity contribution is 7.10. The number of nitrogens with one attached hydrogen (secondary N) is 1. The Morgan fingerprint density at radius 1 is 1.38 bits per heavy atom. The number of imide groups is 2. The molecule has 2 fully saturated rings. The molecule has 0 radical (unpaired) electrons. The van der Waals surface area contributed by atoms with Crippen molar-refractivity contribution in [2.24, 2.45) is 5.41 Å². The maximum absolute atomic E-state index is 12.8. The summed E-state index contributed by atoms with van der Waals surface area (Å²) < 4.78 is 0. The minimum absolute atomic E-state index is 0.270. The van der Waals surface area contributed by atoms with E-state index in [1.165, 1.54) is 16.2 Å². The summed E-state index contributed by atoms with van der Waals surface area (Å²) in [7, 11) is 0. The third kappa shape index (κ3) is 2.09. The summed E-state index contributed by atoms with van der Waals surface area (Å²) in [6, 6.07) is 3.01. The summed E-state index contributed by atoms with van der Waals surface area (Å²) in [5.41, 5.74) is -0.989. The van der Waals surface area contributed by atoms with E-state index in [9.17, 15) is 14.4 Å². The van der Waals surface area contributed by atoms with Crippen LogP contribution in [0.5, 0.6) is 0 Å². The van der Waals surface area contributed by atoms with Gasteiger partial charge in [0.25, 0.3) is 0 Å². The molecule has 1 N–H and O–H groups in total. The average molecular weight is 306 g/mol. The van der Waals surface area contributed by atoms with Gasteiger partial charge in [-0.15, -0.1) is 11.3 Å². The van der Waals surface area contributed by atoms with Gasteiger partial charge in [0.1, 0.15) is 5.41 Å². The highest BCUT2D eigenvalue weighted by Crippen LogP contribution is 2.46. The SMILES string of the molecule is CCCC(c1cccs1)N1C(=O)NC(=O)C2(CCC2)C1=O. The van der Waals surface area contributed by atoms with Gasteiger partial charge in [-0.1, -0.05) is 25.8 Å². The van der Waals surface area contributed by atoms with Gasteiger partial charge in [0.15, 0.2) is 0 Å². The monoisotopic (exact) mass is 306 g/mol. The van der Waals surface area contributed by atoms with Gasteiger partial charge in [0.05, 0.1) is 6.04 Å². The molecule has 1 atom stereocenters. The second kappa shape index (κ2) is 5.26. The molecule has 1 aromatic heterocycles. The maximum Gasteiger partial charge on any atom is 0.331 e. The average Bonchev–Trinajstić information content (AvgIpc) is 2.89. The van der Waals surface area contributed by atoms with Crippen molar-refractivity contribution in [3.05, 3.63) is 22.4 Å². The van der Waals surface area contributed by atoms with Gasteiger partial charge in [-0.05, 0) is 30.7 Å². The number of thiophene rings is 1. The van der Waals surface area contributed by atoms with E-state index < -0.39 is 17.4 Å². The minimum atomic E-state index is -0.989. The quantitative estimate of drug-likeness (QED) is 0.870.